The van der Waals surface area contributed by atoms with Crippen LogP contribution in [0.5, 0.6) is 0 Å². The first-order chi connectivity index (χ1) is 12.5. The standard InChI is InChI=1S/C21H23N3O2/c1-4-16-17-7-5-6-8-18(17)26-21(16)14(2)24(3)20(25)12-10-15-9-11-19(22)23-13-15/h5-14H,4H2,1-3H3,(H2,22,23)/b12-10+/t14-/m1/s1. The van der Waals surface area contributed by atoms with Gasteiger partial charge in [-0.3, -0.25) is 4.79 Å². The van der Waals surface area contributed by atoms with E-state index in [1.807, 2.05) is 31.2 Å². The molecule has 134 valence electrons. The van der Waals surface area contributed by atoms with E-state index in [1.54, 1.807) is 30.3 Å². The lowest BCUT2D eigenvalue weighted by Crippen LogP contribution is -2.28. The molecule has 0 radical (unpaired) electrons. The van der Waals surface area contributed by atoms with Crippen LogP contribution in [0.1, 0.15) is 36.8 Å². The molecule has 1 aromatic carbocycles. The smallest absolute Gasteiger partial charge is 0.246 e. The van der Waals surface area contributed by atoms with Crippen molar-refractivity contribution >= 4 is 28.8 Å². The highest BCUT2D eigenvalue weighted by atomic mass is 16.3. The van der Waals surface area contributed by atoms with Gasteiger partial charge in [0.2, 0.25) is 5.91 Å². The zero-order valence-corrected chi connectivity index (χ0v) is 15.3. The maximum Gasteiger partial charge on any atom is 0.246 e. The second-order valence-corrected chi connectivity index (χ2v) is 6.27. The summed E-state index contributed by atoms with van der Waals surface area (Å²) < 4.78 is 6.06. The highest BCUT2D eigenvalue weighted by molar-refractivity contribution is 5.92. The van der Waals surface area contributed by atoms with Gasteiger partial charge in [-0.05, 0) is 43.2 Å². The van der Waals surface area contributed by atoms with Gasteiger partial charge in [0, 0.05) is 30.3 Å². The molecule has 2 heterocycles. The topological polar surface area (TPSA) is 72.4 Å². The Morgan fingerprint density at radius 3 is 2.77 bits per heavy atom. The van der Waals surface area contributed by atoms with Gasteiger partial charge in [0.25, 0.3) is 0 Å². The van der Waals surface area contributed by atoms with Gasteiger partial charge in [0.15, 0.2) is 0 Å². The van der Waals surface area contributed by atoms with Crippen molar-refractivity contribution in [3.63, 3.8) is 0 Å². The molecule has 2 aromatic heterocycles. The van der Waals surface area contributed by atoms with E-state index in [0.29, 0.717) is 5.82 Å². The summed E-state index contributed by atoms with van der Waals surface area (Å²) in [6.07, 6.45) is 5.76. The van der Waals surface area contributed by atoms with Crippen LogP contribution >= 0.6 is 0 Å². The number of nitrogens with zero attached hydrogens (tertiary/aromatic N) is 2. The van der Waals surface area contributed by atoms with E-state index < -0.39 is 0 Å². The quantitative estimate of drug-likeness (QED) is 0.701. The fraction of sp³-hybridized carbons (Fsp3) is 0.238. The average Bonchev–Trinajstić information content (AvgIpc) is 3.04. The Morgan fingerprint density at radius 1 is 1.31 bits per heavy atom. The van der Waals surface area contributed by atoms with Crippen molar-refractivity contribution in [3.05, 3.63) is 65.6 Å². The number of pyridine rings is 1. The van der Waals surface area contributed by atoms with Crippen molar-refractivity contribution in [2.45, 2.75) is 26.3 Å². The second kappa shape index (κ2) is 7.44. The van der Waals surface area contributed by atoms with Crippen molar-refractivity contribution in [1.29, 1.82) is 0 Å². The van der Waals surface area contributed by atoms with Gasteiger partial charge in [-0.15, -0.1) is 0 Å². The van der Waals surface area contributed by atoms with Crippen LogP contribution in [-0.4, -0.2) is 22.8 Å². The number of aryl methyl sites for hydroxylation is 1. The van der Waals surface area contributed by atoms with Crippen molar-refractivity contribution in [1.82, 2.24) is 9.88 Å². The largest absolute Gasteiger partial charge is 0.459 e. The molecule has 3 aromatic rings. The van der Waals surface area contributed by atoms with E-state index in [9.17, 15) is 4.79 Å². The Hall–Kier alpha value is -3.08. The molecule has 0 aliphatic carbocycles. The van der Waals surface area contributed by atoms with Gasteiger partial charge in [0.05, 0.1) is 6.04 Å². The molecular formula is C21H23N3O2. The molecule has 0 bridgehead atoms. The van der Waals surface area contributed by atoms with Gasteiger partial charge in [-0.25, -0.2) is 4.98 Å². The molecule has 0 saturated carbocycles. The lowest BCUT2D eigenvalue weighted by atomic mass is 10.0. The van der Waals surface area contributed by atoms with Crippen molar-refractivity contribution in [2.24, 2.45) is 0 Å². The number of benzene rings is 1. The van der Waals surface area contributed by atoms with Crippen LogP contribution in [0.25, 0.3) is 17.0 Å². The Balaban J connectivity index is 1.81. The maximum absolute atomic E-state index is 12.6. The number of hydrogen-bond donors (Lipinski definition) is 1. The summed E-state index contributed by atoms with van der Waals surface area (Å²) in [6.45, 7) is 4.08. The van der Waals surface area contributed by atoms with Crippen LogP contribution in [0.2, 0.25) is 0 Å². The Kier molecular flexibility index (Phi) is 5.07. The number of rotatable bonds is 5. The summed E-state index contributed by atoms with van der Waals surface area (Å²) in [5.74, 6) is 1.19. The molecule has 2 N–H and O–H groups in total. The second-order valence-electron chi connectivity index (χ2n) is 6.27. The molecule has 0 aliphatic rings. The predicted molar refractivity (Wildman–Crippen MR) is 104 cm³/mol. The number of likely N-dealkylation sites (N-methyl/N-ethyl adjacent to an activating group) is 1. The lowest BCUT2D eigenvalue weighted by molar-refractivity contribution is -0.126. The SMILES string of the molecule is CCc1c([C@@H](C)N(C)C(=O)/C=C/c2ccc(N)nc2)oc2ccccc12. The summed E-state index contributed by atoms with van der Waals surface area (Å²) in [5.41, 5.74) is 8.41. The lowest BCUT2D eigenvalue weighted by Gasteiger charge is -2.23. The number of nitrogen functional groups attached to an aromatic ring is 1. The maximum atomic E-state index is 12.6. The Labute approximate surface area is 153 Å². The average molecular weight is 349 g/mol. The number of anilines is 1. The molecule has 3 rings (SSSR count). The molecule has 0 aliphatic heterocycles. The number of nitrogens with two attached hydrogens (primary N) is 1. The number of carbonyl (C=O) groups is 1. The highest BCUT2D eigenvalue weighted by Gasteiger charge is 2.23. The van der Waals surface area contributed by atoms with Crippen LogP contribution in [0.3, 0.4) is 0 Å². The molecule has 26 heavy (non-hydrogen) atoms. The van der Waals surface area contributed by atoms with E-state index in [-0.39, 0.29) is 11.9 Å². The Bertz CT molecular complexity index is 942. The summed E-state index contributed by atoms with van der Waals surface area (Å²) in [7, 11) is 1.78. The molecule has 0 spiro atoms. The first kappa shape index (κ1) is 17.7. The molecular weight excluding hydrogens is 326 g/mol. The fourth-order valence-electron chi connectivity index (χ4n) is 2.99. The van der Waals surface area contributed by atoms with Crippen molar-refractivity contribution in [2.75, 3.05) is 12.8 Å². The minimum absolute atomic E-state index is 0.100. The first-order valence-electron chi connectivity index (χ1n) is 8.68. The number of amides is 1. The molecule has 0 fully saturated rings. The van der Waals surface area contributed by atoms with Crippen LogP contribution in [-0.2, 0) is 11.2 Å². The van der Waals surface area contributed by atoms with Gasteiger partial charge in [0.1, 0.15) is 17.2 Å². The summed E-state index contributed by atoms with van der Waals surface area (Å²) in [5, 5.41) is 1.11. The number of fused-ring (bicyclic) bond motifs is 1. The number of aromatic nitrogens is 1. The number of carbonyl (C=O) groups excluding carboxylic acids is 1. The minimum Gasteiger partial charge on any atom is -0.459 e. The van der Waals surface area contributed by atoms with E-state index in [2.05, 4.69) is 18.0 Å². The molecule has 1 amide bonds. The van der Waals surface area contributed by atoms with Crippen LogP contribution in [0.15, 0.2) is 53.1 Å². The summed E-state index contributed by atoms with van der Waals surface area (Å²) >= 11 is 0. The highest BCUT2D eigenvalue weighted by Crippen LogP contribution is 2.32. The molecule has 0 unspecified atom stereocenters. The van der Waals surface area contributed by atoms with E-state index >= 15 is 0 Å². The predicted octanol–water partition coefficient (Wildman–Crippen LogP) is 4.21. The van der Waals surface area contributed by atoms with Gasteiger partial charge in [-0.2, -0.15) is 0 Å². The van der Waals surface area contributed by atoms with Crippen LogP contribution in [0.4, 0.5) is 5.82 Å². The van der Waals surface area contributed by atoms with Crippen molar-refractivity contribution < 1.29 is 9.21 Å². The molecule has 1 atom stereocenters. The van der Waals surface area contributed by atoms with Crippen LogP contribution < -0.4 is 5.73 Å². The van der Waals surface area contributed by atoms with Gasteiger partial charge < -0.3 is 15.1 Å². The normalized spacial score (nSPS) is 12.6. The Morgan fingerprint density at radius 2 is 2.08 bits per heavy atom. The van der Waals surface area contributed by atoms with E-state index in [4.69, 9.17) is 10.2 Å². The third-order valence-electron chi connectivity index (χ3n) is 4.62. The minimum atomic E-state index is -0.168. The third kappa shape index (κ3) is 3.47. The number of para-hydroxylation sites is 1. The molecule has 5 heteroatoms. The van der Waals surface area contributed by atoms with Crippen LogP contribution in [0, 0.1) is 0 Å². The van der Waals surface area contributed by atoms with Gasteiger partial charge >= 0.3 is 0 Å². The monoisotopic (exact) mass is 349 g/mol. The van der Waals surface area contributed by atoms with Gasteiger partial charge in [-0.1, -0.05) is 25.1 Å². The third-order valence-corrected chi connectivity index (χ3v) is 4.62. The first-order valence-corrected chi connectivity index (χ1v) is 8.68. The summed E-state index contributed by atoms with van der Waals surface area (Å²) in [6, 6.07) is 11.3. The fourth-order valence-corrected chi connectivity index (χ4v) is 2.99. The van der Waals surface area contributed by atoms with E-state index in [1.165, 1.54) is 6.08 Å². The number of furan rings is 1. The zero-order chi connectivity index (χ0) is 18.7. The molecule has 5 nitrogen and oxygen atoms in total. The van der Waals surface area contributed by atoms with E-state index in [0.717, 1.165) is 34.3 Å². The van der Waals surface area contributed by atoms with Crippen molar-refractivity contribution in [3.8, 4) is 0 Å². The summed E-state index contributed by atoms with van der Waals surface area (Å²) in [4.78, 5) is 18.3. The molecule has 0 saturated heterocycles. The zero-order valence-electron chi connectivity index (χ0n) is 15.3. The number of hydrogen-bond acceptors (Lipinski definition) is 4.